The number of hydrogen-bond acceptors (Lipinski definition) is 3. The number of nitrogens with zero attached hydrogens (tertiary/aromatic N) is 1. The third-order valence-corrected chi connectivity index (χ3v) is 3.84. The van der Waals surface area contributed by atoms with Gasteiger partial charge in [0.1, 0.15) is 0 Å². The molecule has 1 N–H and O–H groups in total. The minimum Gasteiger partial charge on any atom is -0.478 e. The molecule has 0 saturated heterocycles. The van der Waals surface area contributed by atoms with Gasteiger partial charge in [-0.1, -0.05) is 12.8 Å². The molecule has 0 bridgehead atoms. The Morgan fingerprint density at radius 2 is 2.20 bits per heavy atom. The summed E-state index contributed by atoms with van der Waals surface area (Å²) in [7, 11) is 0. The SMILES string of the molecule is O=C(O)c1ccnc(SC2CCCC2)c1. The van der Waals surface area contributed by atoms with Crippen LogP contribution in [0.2, 0.25) is 0 Å². The van der Waals surface area contributed by atoms with Crippen LogP contribution in [0.3, 0.4) is 0 Å². The zero-order chi connectivity index (χ0) is 10.7. The van der Waals surface area contributed by atoms with E-state index >= 15 is 0 Å². The lowest BCUT2D eigenvalue weighted by molar-refractivity contribution is 0.0696. The third-order valence-electron chi connectivity index (χ3n) is 2.57. The molecule has 1 fully saturated rings. The van der Waals surface area contributed by atoms with Gasteiger partial charge >= 0.3 is 5.97 Å². The number of aromatic carboxylic acids is 1. The standard InChI is InChI=1S/C11H13NO2S/c13-11(14)8-5-6-12-10(7-8)15-9-3-1-2-4-9/h5-7,9H,1-4H2,(H,13,14). The summed E-state index contributed by atoms with van der Waals surface area (Å²) in [5.74, 6) is -0.884. The Hall–Kier alpha value is -1.03. The molecule has 0 amide bonds. The largest absolute Gasteiger partial charge is 0.478 e. The topological polar surface area (TPSA) is 50.2 Å². The Morgan fingerprint density at radius 3 is 2.87 bits per heavy atom. The molecule has 0 spiro atoms. The number of carboxylic acid groups (broad SMARTS) is 1. The van der Waals surface area contributed by atoms with Crippen LogP contribution in [-0.2, 0) is 0 Å². The van der Waals surface area contributed by atoms with Crippen LogP contribution in [0.15, 0.2) is 23.4 Å². The molecule has 0 aliphatic heterocycles. The van der Waals surface area contributed by atoms with Crippen LogP contribution in [-0.4, -0.2) is 21.3 Å². The predicted molar refractivity (Wildman–Crippen MR) is 59.3 cm³/mol. The van der Waals surface area contributed by atoms with Crippen molar-refractivity contribution < 1.29 is 9.90 Å². The van der Waals surface area contributed by atoms with E-state index in [2.05, 4.69) is 4.98 Å². The fourth-order valence-corrected chi connectivity index (χ4v) is 3.01. The predicted octanol–water partition coefficient (Wildman–Crippen LogP) is 2.81. The Labute approximate surface area is 92.9 Å². The molecule has 1 saturated carbocycles. The van der Waals surface area contributed by atoms with Crippen LogP contribution in [0.4, 0.5) is 0 Å². The molecule has 1 heterocycles. The highest BCUT2D eigenvalue weighted by atomic mass is 32.2. The van der Waals surface area contributed by atoms with E-state index in [0.29, 0.717) is 10.8 Å². The van der Waals surface area contributed by atoms with Crippen LogP contribution >= 0.6 is 11.8 Å². The van der Waals surface area contributed by atoms with Crippen molar-refractivity contribution >= 4 is 17.7 Å². The van der Waals surface area contributed by atoms with E-state index in [1.165, 1.54) is 31.7 Å². The smallest absolute Gasteiger partial charge is 0.335 e. The van der Waals surface area contributed by atoms with Crippen molar-refractivity contribution in [3.8, 4) is 0 Å². The maximum Gasteiger partial charge on any atom is 0.335 e. The summed E-state index contributed by atoms with van der Waals surface area (Å²) in [6.07, 6.45) is 6.60. The first kappa shape index (κ1) is 10.5. The molecule has 3 nitrogen and oxygen atoms in total. The Balaban J connectivity index is 2.07. The van der Waals surface area contributed by atoms with Gasteiger partial charge in [-0.25, -0.2) is 9.78 Å². The zero-order valence-corrected chi connectivity index (χ0v) is 9.17. The summed E-state index contributed by atoms with van der Waals surface area (Å²) in [4.78, 5) is 14.9. The molecule has 1 aromatic heterocycles. The van der Waals surface area contributed by atoms with Crippen LogP contribution in [0.1, 0.15) is 36.0 Å². The van der Waals surface area contributed by atoms with Crippen LogP contribution in [0.5, 0.6) is 0 Å². The molecule has 0 atom stereocenters. The molecule has 80 valence electrons. The number of pyridine rings is 1. The van der Waals surface area contributed by atoms with Gasteiger partial charge < -0.3 is 5.11 Å². The summed E-state index contributed by atoms with van der Waals surface area (Å²) in [5.41, 5.74) is 0.325. The number of carboxylic acids is 1. The van der Waals surface area contributed by atoms with E-state index in [4.69, 9.17) is 5.11 Å². The third kappa shape index (κ3) is 2.72. The van der Waals surface area contributed by atoms with Gasteiger partial charge in [0.05, 0.1) is 10.6 Å². The minimum atomic E-state index is -0.884. The summed E-state index contributed by atoms with van der Waals surface area (Å²) < 4.78 is 0. The highest BCUT2D eigenvalue weighted by Gasteiger charge is 2.17. The summed E-state index contributed by atoms with van der Waals surface area (Å²) in [6.45, 7) is 0. The molecular formula is C11H13NO2S. The van der Waals surface area contributed by atoms with Crippen molar-refractivity contribution in [1.29, 1.82) is 0 Å². The fraction of sp³-hybridized carbons (Fsp3) is 0.455. The van der Waals surface area contributed by atoms with Crippen LogP contribution in [0.25, 0.3) is 0 Å². The van der Waals surface area contributed by atoms with Crippen molar-refractivity contribution in [1.82, 2.24) is 4.98 Å². The van der Waals surface area contributed by atoms with Crippen molar-refractivity contribution in [2.75, 3.05) is 0 Å². The quantitative estimate of drug-likeness (QED) is 0.856. The second kappa shape index (κ2) is 4.66. The average Bonchev–Trinajstić information content (AvgIpc) is 2.71. The minimum absolute atomic E-state index is 0.325. The van der Waals surface area contributed by atoms with Gasteiger partial charge in [-0.15, -0.1) is 11.8 Å². The summed E-state index contributed by atoms with van der Waals surface area (Å²) in [5, 5.41) is 10.3. The van der Waals surface area contributed by atoms with Gasteiger partial charge in [0.15, 0.2) is 0 Å². The number of carbonyl (C=O) groups is 1. The van der Waals surface area contributed by atoms with E-state index < -0.39 is 5.97 Å². The molecule has 1 aliphatic carbocycles. The Morgan fingerprint density at radius 1 is 1.47 bits per heavy atom. The van der Waals surface area contributed by atoms with Crippen LogP contribution in [0, 0.1) is 0 Å². The molecule has 0 aromatic carbocycles. The van der Waals surface area contributed by atoms with E-state index in [0.717, 1.165) is 5.03 Å². The lowest BCUT2D eigenvalue weighted by Crippen LogP contribution is -1.99. The van der Waals surface area contributed by atoms with Crippen molar-refractivity contribution in [3.63, 3.8) is 0 Å². The van der Waals surface area contributed by atoms with Gasteiger partial charge in [-0.2, -0.15) is 0 Å². The highest BCUT2D eigenvalue weighted by Crippen LogP contribution is 2.33. The first-order chi connectivity index (χ1) is 7.25. The second-order valence-electron chi connectivity index (χ2n) is 3.71. The van der Waals surface area contributed by atoms with Gasteiger partial charge in [0.2, 0.25) is 0 Å². The van der Waals surface area contributed by atoms with E-state index in [9.17, 15) is 4.79 Å². The summed E-state index contributed by atoms with van der Waals surface area (Å²) in [6, 6.07) is 3.19. The Kier molecular flexibility index (Phi) is 3.26. The molecular weight excluding hydrogens is 210 g/mol. The molecule has 0 radical (unpaired) electrons. The van der Waals surface area contributed by atoms with E-state index in [-0.39, 0.29) is 0 Å². The summed E-state index contributed by atoms with van der Waals surface area (Å²) >= 11 is 1.71. The second-order valence-corrected chi connectivity index (χ2v) is 5.03. The van der Waals surface area contributed by atoms with Crippen molar-refractivity contribution in [3.05, 3.63) is 23.9 Å². The van der Waals surface area contributed by atoms with Gasteiger partial charge in [-0.3, -0.25) is 0 Å². The van der Waals surface area contributed by atoms with E-state index in [1.54, 1.807) is 24.0 Å². The first-order valence-corrected chi connectivity index (χ1v) is 5.99. The van der Waals surface area contributed by atoms with E-state index in [1.807, 2.05) is 0 Å². The van der Waals surface area contributed by atoms with Gasteiger partial charge in [-0.05, 0) is 25.0 Å². The van der Waals surface area contributed by atoms with Crippen LogP contribution < -0.4 is 0 Å². The number of hydrogen-bond donors (Lipinski definition) is 1. The maximum atomic E-state index is 10.8. The molecule has 15 heavy (non-hydrogen) atoms. The van der Waals surface area contributed by atoms with Gasteiger partial charge in [0, 0.05) is 11.4 Å². The van der Waals surface area contributed by atoms with Gasteiger partial charge in [0.25, 0.3) is 0 Å². The lowest BCUT2D eigenvalue weighted by Gasteiger charge is -2.07. The molecule has 0 unspecified atom stereocenters. The molecule has 2 rings (SSSR count). The van der Waals surface area contributed by atoms with Crippen molar-refractivity contribution in [2.24, 2.45) is 0 Å². The average molecular weight is 223 g/mol. The first-order valence-electron chi connectivity index (χ1n) is 5.12. The highest BCUT2D eigenvalue weighted by molar-refractivity contribution is 7.99. The lowest BCUT2D eigenvalue weighted by atomic mass is 10.3. The normalized spacial score (nSPS) is 16.8. The molecule has 4 heteroatoms. The fourth-order valence-electron chi connectivity index (χ4n) is 1.78. The zero-order valence-electron chi connectivity index (χ0n) is 8.35. The Bertz CT molecular complexity index is 361. The van der Waals surface area contributed by atoms with Crippen molar-refractivity contribution in [2.45, 2.75) is 36.0 Å². The molecule has 1 aliphatic rings. The number of rotatable bonds is 3. The molecule has 1 aromatic rings. The monoisotopic (exact) mass is 223 g/mol. The number of aromatic nitrogens is 1. The maximum absolute atomic E-state index is 10.8. The number of thioether (sulfide) groups is 1.